The molecule has 2 atom stereocenters. The summed E-state index contributed by atoms with van der Waals surface area (Å²) in [6.07, 6.45) is 3.89. The van der Waals surface area contributed by atoms with Crippen LogP contribution in [0.1, 0.15) is 67.2 Å². The van der Waals surface area contributed by atoms with Gasteiger partial charge in [0, 0.05) is 71.3 Å². The lowest BCUT2D eigenvalue weighted by atomic mass is 10.1. The van der Waals surface area contributed by atoms with Gasteiger partial charge in [-0.3, -0.25) is 9.59 Å². The van der Waals surface area contributed by atoms with E-state index in [0.717, 1.165) is 43.7 Å². The molecule has 2 aliphatic heterocycles. The van der Waals surface area contributed by atoms with Crippen molar-refractivity contribution in [1.82, 2.24) is 20.0 Å². The summed E-state index contributed by atoms with van der Waals surface area (Å²) in [4.78, 5) is 41.1. The van der Waals surface area contributed by atoms with E-state index in [0.29, 0.717) is 40.3 Å². The fourth-order valence-electron chi connectivity index (χ4n) is 5.07. The molecule has 0 saturated carbocycles. The number of nitrogens with one attached hydrogen (secondary N) is 3. The number of carbonyl (C=O) groups is 3. The molecule has 0 aliphatic carbocycles. The van der Waals surface area contributed by atoms with Gasteiger partial charge in [0.15, 0.2) is 0 Å². The Balaban J connectivity index is 0.000000257. The average Bonchev–Trinajstić information content (AvgIpc) is 2.97. The standard InChI is InChI=1S/C19H28ClN3O3.C14H20ClN3O/c1-19(2,3)26-18(25)23-10-6-7-14(12-23)21-13-8-9-16(20)15(11-13)17(24)22(4)5;1-18(2)14(19)12-6-5-10(8-13(12)15)17-11-4-3-7-16-9-11/h8-9,11,14,21H,6-7,10,12H2,1-5H3;5-6,8,11,16-17H,3-4,7,9H2,1-2H3/t14-;11-/m11/s1. The molecule has 45 heavy (non-hydrogen) atoms. The summed E-state index contributed by atoms with van der Waals surface area (Å²) in [5, 5.41) is 11.1. The van der Waals surface area contributed by atoms with Crippen molar-refractivity contribution in [2.75, 3.05) is 65.0 Å². The molecule has 3 N–H and O–H groups in total. The molecule has 4 rings (SSSR count). The Morgan fingerprint density at radius 1 is 0.844 bits per heavy atom. The van der Waals surface area contributed by atoms with Gasteiger partial charge in [-0.2, -0.15) is 0 Å². The number of benzene rings is 2. The normalized spacial score (nSPS) is 18.2. The number of nitrogens with zero attached hydrogens (tertiary/aromatic N) is 3. The van der Waals surface area contributed by atoms with Crippen molar-refractivity contribution < 1.29 is 19.1 Å². The van der Waals surface area contributed by atoms with Crippen LogP contribution < -0.4 is 16.0 Å². The molecular formula is C33H48Cl2N6O4. The molecule has 0 spiro atoms. The van der Waals surface area contributed by atoms with E-state index < -0.39 is 5.60 Å². The Morgan fingerprint density at radius 2 is 1.44 bits per heavy atom. The SMILES string of the molecule is CN(C)C(=O)c1cc(N[C@@H]2CCCN(C(=O)OC(C)(C)C)C2)ccc1Cl.CN(C)C(=O)c1ccc(N[C@@H]2CCCNC2)cc1Cl. The number of ether oxygens (including phenoxy) is 1. The highest BCUT2D eigenvalue weighted by Gasteiger charge is 2.28. The van der Waals surface area contributed by atoms with E-state index in [9.17, 15) is 14.4 Å². The van der Waals surface area contributed by atoms with Crippen LogP contribution in [0.5, 0.6) is 0 Å². The summed E-state index contributed by atoms with van der Waals surface area (Å²) < 4.78 is 5.46. The van der Waals surface area contributed by atoms with E-state index in [-0.39, 0.29) is 23.9 Å². The van der Waals surface area contributed by atoms with Gasteiger partial charge < -0.3 is 35.4 Å². The minimum atomic E-state index is -0.505. The van der Waals surface area contributed by atoms with Crippen molar-refractivity contribution in [3.63, 3.8) is 0 Å². The molecule has 3 amide bonds. The van der Waals surface area contributed by atoms with Crippen molar-refractivity contribution in [3.05, 3.63) is 57.6 Å². The van der Waals surface area contributed by atoms with E-state index in [1.54, 1.807) is 51.3 Å². The predicted octanol–water partition coefficient (Wildman–Crippen LogP) is 6.06. The molecule has 2 aliphatic rings. The maximum absolute atomic E-state index is 12.3. The van der Waals surface area contributed by atoms with Crippen LogP contribution in [0.25, 0.3) is 0 Å². The van der Waals surface area contributed by atoms with E-state index >= 15 is 0 Å². The third-order valence-corrected chi connectivity index (χ3v) is 7.96. The maximum Gasteiger partial charge on any atom is 0.410 e. The number of likely N-dealkylation sites (tertiary alicyclic amines) is 1. The van der Waals surface area contributed by atoms with Gasteiger partial charge in [-0.1, -0.05) is 23.2 Å². The lowest BCUT2D eigenvalue weighted by molar-refractivity contribution is 0.0206. The van der Waals surface area contributed by atoms with Gasteiger partial charge >= 0.3 is 6.09 Å². The Labute approximate surface area is 277 Å². The Morgan fingerprint density at radius 3 is 2.04 bits per heavy atom. The lowest BCUT2D eigenvalue weighted by Gasteiger charge is -2.35. The zero-order chi connectivity index (χ0) is 33.3. The van der Waals surface area contributed by atoms with Crippen LogP contribution in [0, 0.1) is 0 Å². The number of hydrogen-bond donors (Lipinski definition) is 3. The zero-order valence-corrected chi connectivity index (χ0v) is 29.0. The van der Waals surface area contributed by atoms with Crippen LogP contribution in [0.4, 0.5) is 16.2 Å². The highest BCUT2D eigenvalue weighted by atomic mass is 35.5. The summed E-state index contributed by atoms with van der Waals surface area (Å²) in [5.41, 5.74) is 2.28. The van der Waals surface area contributed by atoms with Crippen molar-refractivity contribution in [3.8, 4) is 0 Å². The molecule has 0 bridgehead atoms. The molecule has 2 saturated heterocycles. The molecule has 2 fully saturated rings. The van der Waals surface area contributed by atoms with E-state index in [1.807, 2.05) is 39.0 Å². The fraction of sp³-hybridized carbons (Fsp3) is 0.545. The van der Waals surface area contributed by atoms with Crippen LogP contribution in [0.2, 0.25) is 10.0 Å². The molecule has 0 unspecified atom stereocenters. The van der Waals surface area contributed by atoms with E-state index in [2.05, 4.69) is 16.0 Å². The molecule has 2 heterocycles. The number of amides is 3. The number of piperidine rings is 2. The molecule has 0 radical (unpaired) electrons. The van der Waals surface area contributed by atoms with Gasteiger partial charge in [0.1, 0.15) is 5.60 Å². The largest absolute Gasteiger partial charge is 0.444 e. The molecular weight excluding hydrogens is 615 g/mol. The molecule has 2 aromatic rings. The van der Waals surface area contributed by atoms with Crippen LogP contribution in [0.15, 0.2) is 36.4 Å². The predicted molar refractivity (Wildman–Crippen MR) is 183 cm³/mol. The van der Waals surface area contributed by atoms with Gasteiger partial charge in [0.25, 0.3) is 11.8 Å². The van der Waals surface area contributed by atoms with E-state index in [1.165, 1.54) is 16.2 Å². The smallest absolute Gasteiger partial charge is 0.410 e. The molecule has 10 nitrogen and oxygen atoms in total. The summed E-state index contributed by atoms with van der Waals surface area (Å²) in [6, 6.07) is 11.4. The van der Waals surface area contributed by atoms with Crippen LogP contribution in [0.3, 0.4) is 0 Å². The van der Waals surface area contributed by atoms with Crippen LogP contribution >= 0.6 is 23.2 Å². The third kappa shape index (κ3) is 11.3. The Kier molecular flexibility index (Phi) is 13.2. The molecule has 248 valence electrons. The van der Waals surface area contributed by atoms with Gasteiger partial charge in [-0.25, -0.2) is 4.79 Å². The first kappa shape index (κ1) is 36.3. The topological polar surface area (TPSA) is 106 Å². The summed E-state index contributed by atoms with van der Waals surface area (Å²) in [5.74, 6) is -0.214. The van der Waals surface area contributed by atoms with Crippen molar-refractivity contribution in [2.45, 2.75) is 64.1 Å². The monoisotopic (exact) mass is 662 g/mol. The highest BCUT2D eigenvalue weighted by Crippen LogP contribution is 2.25. The minimum Gasteiger partial charge on any atom is -0.444 e. The van der Waals surface area contributed by atoms with Crippen LogP contribution in [-0.4, -0.2) is 105 Å². The summed E-state index contributed by atoms with van der Waals surface area (Å²) in [7, 11) is 6.83. The second-order valence-electron chi connectivity index (χ2n) is 12.9. The summed E-state index contributed by atoms with van der Waals surface area (Å²) in [6.45, 7) is 8.91. The van der Waals surface area contributed by atoms with Gasteiger partial charge in [-0.15, -0.1) is 0 Å². The molecule has 12 heteroatoms. The van der Waals surface area contributed by atoms with Crippen molar-refractivity contribution in [2.24, 2.45) is 0 Å². The summed E-state index contributed by atoms with van der Waals surface area (Å²) >= 11 is 12.3. The first-order chi connectivity index (χ1) is 21.1. The third-order valence-electron chi connectivity index (χ3n) is 7.32. The average molecular weight is 664 g/mol. The quantitative estimate of drug-likeness (QED) is 0.345. The molecule has 2 aromatic carbocycles. The molecule has 0 aromatic heterocycles. The number of hydrogen-bond acceptors (Lipinski definition) is 7. The van der Waals surface area contributed by atoms with Crippen molar-refractivity contribution >= 4 is 52.5 Å². The maximum atomic E-state index is 12.3. The van der Waals surface area contributed by atoms with Crippen molar-refractivity contribution in [1.29, 1.82) is 0 Å². The zero-order valence-electron chi connectivity index (χ0n) is 27.5. The number of halogens is 2. The second kappa shape index (κ2) is 16.4. The van der Waals surface area contributed by atoms with Gasteiger partial charge in [0.2, 0.25) is 0 Å². The van der Waals surface area contributed by atoms with Crippen LogP contribution in [-0.2, 0) is 4.74 Å². The number of rotatable bonds is 6. The highest BCUT2D eigenvalue weighted by molar-refractivity contribution is 6.34. The number of anilines is 2. The fourth-order valence-corrected chi connectivity index (χ4v) is 5.53. The lowest BCUT2D eigenvalue weighted by Crippen LogP contribution is -2.47. The first-order valence-corrected chi connectivity index (χ1v) is 16.1. The van der Waals surface area contributed by atoms with Gasteiger partial charge in [-0.05, 0) is 89.4 Å². The Hall–Kier alpha value is -3.21. The first-order valence-electron chi connectivity index (χ1n) is 15.4. The number of carbonyl (C=O) groups excluding carboxylic acids is 3. The van der Waals surface area contributed by atoms with E-state index in [4.69, 9.17) is 27.9 Å². The minimum absolute atomic E-state index is 0.0733. The van der Waals surface area contributed by atoms with Gasteiger partial charge in [0.05, 0.1) is 21.2 Å². The Bertz CT molecular complexity index is 1320. The second-order valence-corrected chi connectivity index (χ2v) is 13.7.